The van der Waals surface area contributed by atoms with E-state index in [4.69, 9.17) is 14.2 Å². The second-order valence-corrected chi connectivity index (χ2v) is 4.80. The molecule has 0 aromatic heterocycles. The second kappa shape index (κ2) is 7.91. The fraction of sp³-hybridized carbons (Fsp3) is 0.176. The molecule has 25 heavy (non-hydrogen) atoms. The number of hydrogen-bond acceptors (Lipinski definition) is 7. The summed E-state index contributed by atoms with van der Waals surface area (Å²) in [5.41, 5.74) is 0.619. The van der Waals surface area contributed by atoms with Gasteiger partial charge in [0.2, 0.25) is 0 Å². The average molecular weight is 344 g/mol. The molecule has 2 rings (SSSR count). The van der Waals surface area contributed by atoms with Crippen LogP contribution in [-0.4, -0.2) is 37.9 Å². The molecule has 2 aromatic carbocycles. The Morgan fingerprint density at radius 1 is 1.08 bits per heavy atom. The largest absolute Gasteiger partial charge is 0.497 e. The molecule has 0 aliphatic carbocycles. The summed E-state index contributed by atoms with van der Waals surface area (Å²) in [6.45, 7) is 0. The number of nitrogens with zero attached hydrogens (tertiary/aromatic N) is 2. The van der Waals surface area contributed by atoms with Crippen molar-refractivity contribution in [1.29, 1.82) is 0 Å². The molecule has 8 heteroatoms. The summed E-state index contributed by atoms with van der Waals surface area (Å²) < 4.78 is 15.1. The van der Waals surface area contributed by atoms with E-state index in [-0.39, 0.29) is 22.8 Å². The van der Waals surface area contributed by atoms with Crippen LogP contribution in [0.4, 0.5) is 11.4 Å². The van der Waals surface area contributed by atoms with Crippen LogP contribution in [0.3, 0.4) is 0 Å². The maximum atomic E-state index is 12.1. The van der Waals surface area contributed by atoms with Gasteiger partial charge >= 0.3 is 5.97 Å². The van der Waals surface area contributed by atoms with Gasteiger partial charge in [-0.25, -0.2) is 9.79 Å². The van der Waals surface area contributed by atoms with Gasteiger partial charge in [-0.2, -0.15) is 0 Å². The summed E-state index contributed by atoms with van der Waals surface area (Å²) in [6, 6.07) is 10.7. The molecular weight excluding hydrogens is 328 g/mol. The maximum Gasteiger partial charge on any atom is 0.357 e. The van der Waals surface area contributed by atoms with E-state index in [0.717, 1.165) is 0 Å². The number of esters is 1. The highest BCUT2D eigenvalue weighted by molar-refractivity contribution is 6.43. The molecule has 130 valence electrons. The zero-order valence-corrected chi connectivity index (χ0v) is 13.9. The first kappa shape index (κ1) is 17.9. The molecule has 0 spiro atoms. The molecule has 0 bridgehead atoms. The van der Waals surface area contributed by atoms with E-state index in [0.29, 0.717) is 11.3 Å². The Balaban J connectivity index is 2.58. The highest BCUT2D eigenvalue weighted by Crippen LogP contribution is 2.32. The minimum absolute atomic E-state index is 0.0218. The van der Waals surface area contributed by atoms with E-state index in [1.165, 1.54) is 39.5 Å². The second-order valence-electron chi connectivity index (χ2n) is 4.80. The number of carbonyl (C=O) groups excluding carboxylic acids is 1. The summed E-state index contributed by atoms with van der Waals surface area (Å²) in [6.07, 6.45) is 0. The van der Waals surface area contributed by atoms with E-state index in [2.05, 4.69) is 4.99 Å². The standard InChI is InChI=1S/C17H16N2O6/c1-23-13-6-4-5-11(9-13)16(17(20)25-3)18-14-8-7-12(19(21)22)10-15(14)24-2/h4-10H,1-3H3. The lowest BCUT2D eigenvalue weighted by atomic mass is 10.1. The number of hydrogen-bond donors (Lipinski definition) is 0. The van der Waals surface area contributed by atoms with E-state index < -0.39 is 10.9 Å². The van der Waals surface area contributed by atoms with Crippen LogP contribution in [0, 0.1) is 10.1 Å². The molecular formula is C17H16N2O6. The first-order valence-electron chi connectivity index (χ1n) is 7.14. The summed E-state index contributed by atoms with van der Waals surface area (Å²) in [5.74, 6) is 0.0527. The van der Waals surface area contributed by atoms with Gasteiger partial charge in [-0.05, 0) is 18.2 Å². The van der Waals surface area contributed by atoms with Crippen LogP contribution >= 0.6 is 0 Å². The molecule has 0 N–H and O–H groups in total. The average Bonchev–Trinajstić information content (AvgIpc) is 2.65. The zero-order chi connectivity index (χ0) is 18.4. The van der Waals surface area contributed by atoms with Crippen LogP contribution in [0.2, 0.25) is 0 Å². The molecule has 2 aromatic rings. The lowest BCUT2D eigenvalue weighted by Crippen LogP contribution is -2.17. The molecule has 0 unspecified atom stereocenters. The van der Waals surface area contributed by atoms with Crippen LogP contribution in [0.25, 0.3) is 0 Å². The van der Waals surface area contributed by atoms with Gasteiger partial charge in [0, 0.05) is 11.6 Å². The Morgan fingerprint density at radius 2 is 1.84 bits per heavy atom. The number of nitro groups is 1. The highest BCUT2D eigenvalue weighted by atomic mass is 16.6. The molecule has 0 atom stereocenters. The Bertz CT molecular complexity index is 832. The van der Waals surface area contributed by atoms with Gasteiger partial charge in [0.1, 0.15) is 11.4 Å². The van der Waals surface area contributed by atoms with Crippen molar-refractivity contribution in [2.75, 3.05) is 21.3 Å². The smallest absolute Gasteiger partial charge is 0.357 e. The number of ether oxygens (including phenoxy) is 3. The fourth-order valence-electron chi connectivity index (χ4n) is 2.09. The van der Waals surface area contributed by atoms with Gasteiger partial charge in [-0.3, -0.25) is 10.1 Å². The first-order chi connectivity index (χ1) is 12.0. The summed E-state index contributed by atoms with van der Waals surface area (Å²) in [4.78, 5) is 26.8. The van der Waals surface area contributed by atoms with Crippen molar-refractivity contribution in [3.05, 3.63) is 58.1 Å². The predicted molar refractivity (Wildman–Crippen MR) is 90.9 cm³/mol. The highest BCUT2D eigenvalue weighted by Gasteiger charge is 2.18. The molecule has 0 saturated heterocycles. The SMILES string of the molecule is COC(=O)C(=Nc1ccc([N+](=O)[O-])cc1OC)c1cccc(OC)c1. The van der Waals surface area contributed by atoms with Crippen LogP contribution in [0.15, 0.2) is 47.5 Å². The Hall–Kier alpha value is -3.42. The minimum Gasteiger partial charge on any atom is -0.497 e. The van der Waals surface area contributed by atoms with Crippen LogP contribution in [0.5, 0.6) is 11.5 Å². The van der Waals surface area contributed by atoms with Crippen molar-refractivity contribution in [2.24, 2.45) is 4.99 Å². The van der Waals surface area contributed by atoms with Gasteiger partial charge in [0.05, 0.1) is 32.3 Å². The Labute approximate surface area is 143 Å². The molecule has 0 fully saturated rings. The van der Waals surface area contributed by atoms with Crippen molar-refractivity contribution in [2.45, 2.75) is 0 Å². The van der Waals surface area contributed by atoms with E-state index in [1.807, 2.05) is 0 Å². The molecule has 0 heterocycles. The quantitative estimate of drug-likeness (QED) is 0.346. The number of methoxy groups -OCH3 is 3. The third kappa shape index (κ3) is 4.11. The minimum atomic E-state index is -0.659. The van der Waals surface area contributed by atoms with Gasteiger partial charge in [-0.1, -0.05) is 12.1 Å². The Morgan fingerprint density at radius 3 is 2.44 bits per heavy atom. The van der Waals surface area contributed by atoms with Crippen molar-refractivity contribution in [3.8, 4) is 11.5 Å². The van der Waals surface area contributed by atoms with E-state index >= 15 is 0 Å². The summed E-state index contributed by atoms with van der Waals surface area (Å²) in [5, 5.41) is 10.9. The number of aliphatic imine (C=N–C) groups is 1. The van der Waals surface area contributed by atoms with Gasteiger partial charge in [0.25, 0.3) is 5.69 Å². The predicted octanol–water partition coefficient (Wildman–Crippen LogP) is 2.91. The molecule has 0 amide bonds. The topological polar surface area (TPSA) is 100 Å². The summed E-state index contributed by atoms with van der Waals surface area (Å²) in [7, 11) is 4.11. The van der Waals surface area contributed by atoms with Crippen molar-refractivity contribution < 1.29 is 23.9 Å². The molecule has 0 aliphatic heterocycles. The van der Waals surface area contributed by atoms with Crippen molar-refractivity contribution in [1.82, 2.24) is 0 Å². The maximum absolute atomic E-state index is 12.1. The number of benzene rings is 2. The van der Waals surface area contributed by atoms with Gasteiger partial charge in [-0.15, -0.1) is 0 Å². The van der Waals surface area contributed by atoms with Crippen LogP contribution < -0.4 is 9.47 Å². The van der Waals surface area contributed by atoms with Gasteiger partial charge < -0.3 is 14.2 Å². The molecule has 0 saturated carbocycles. The number of nitro benzene ring substituents is 1. The number of rotatable bonds is 6. The fourth-order valence-corrected chi connectivity index (χ4v) is 2.09. The zero-order valence-electron chi connectivity index (χ0n) is 13.9. The lowest BCUT2D eigenvalue weighted by molar-refractivity contribution is -0.384. The Kier molecular flexibility index (Phi) is 5.67. The normalized spacial score (nSPS) is 10.9. The lowest BCUT2D eigenvalue weighted by Gasteiger charge is -2.09. The third-order valence-electron chi connectivity index (χ3n) is 3.33. The van der Waals surface area contributed by atoms with Crippen LogP contribution in [-0.2, 0) is 9.53 Å². The molecule has 8 nitrogen and oxygen atoms in total. The van der Waals surface area contributed by atoms with Crippen molar-refractivity contribution in [3.63, 3.8) is 0 Å². The van der Waals surface area contributed by atoms with Crippen LogP contribution in [0.1, 0.15) is 5.56 Å². The molecule has 0 radical (unpaired) electrons. The third-order valence-corrected chi connectivity index (χ3v) is 3.33. The summed E-state index contributed by atoms with van der Waals surface area (Å²) >= 11 is 0. The monoisotopic (exact) mass is 344 g/mol. The van der Waals surface area contributed by atoms with E-state index in [9.17, 15) is 14.9 Å². The van der Waals surface area contributed by atoms with Crippen molar-refractivity contribution >= 4 is 23.1 Å². The number of carbonyl (C=O) groups is 1. The van der Waals surface area contributed by atoms with E-state index in [1.54, 1.807) is 24.3 Å². The number of non-ortho nitro benzene ring substituents is 1. The molecule has 0 aliphatic rings. The van der Waals surface area contributed by atoms with Gasteiger partial charge in [0.15, 0.2) is 11.5 Å². The first-order valence-corrected chi connectivity index (χ1v) is 7.14.